The van der Waals surface area contributed by atoms with E-state index in [4.69, 9.17) is 0 Å². The van der Waals surface area contributed by atoms with Crippen molar-refractivity contribution in [2.45, 2.75) is 64.0 Å². The van der Waals surface area contributed by atoms with Crippen LogP contribution in [0.1, 0.15) is 51.0 Å². The third kappa shape index (κ3) is 6.35. The number of amides is 2. The topological polar surface area (TPSA) is 61.4 Å². The quantitative estimate of drug-likeness (QED) is 0.701. The van der Waals surface area contributed by atoms with E-state index < -0.39 is 6.04 Å². The molecule has 0 spiro atoms. The molecule has 1 saturated carbocycles. The predicted octanol–water partition coefficient (Wildman–Crippen LogP) is 2.50. The van der Waals surface area contributed by atoms with Gasteiger partial charge in [-0.25, -0.2) is 0 Å². The number of hydrogen-bond donors (Lipinski definition) is 2. The molecule has 1 unspecified atom stereocenters. The normalized spacial score (nSPS) is 18.9. The van der Waals surface area contributed by atoms with Gasteiger partial charge in [0.05, 0.1) is 6.42 Å². The Labute approximate surface area is 162 Å². The molecule has 2 aliphatic rings. The molecule has 5 nitrogen and oxygen atoms in total. The fourth-order valence-corrected chi connectivity index (χ4v) is 3.75. The summed E-state index contributed by atoms with van der Waals surface area (Å²) in [7, 11) is 0. The number of rotatable bonds is 9. The highest BCUT2D eigenvalue weighted by Gasteiger charge is 2.29. The molecule has 1 saturated heterocycles. The molecule has 1 atom stereocenters. The zero-order valence-electron chi connectivity index (χ0n) is 16.5. The van der Waals surface area contributed by atoms with Crippen molar-refractivity contribution in [2.24, 2.45) is 5.92 Å². The standard InChI is InChI=1S/C22H33N3O2/c1-2-6-20(24-21(26)15-17-7-4-3-5-8-17)22(27)25-13-11-19(12-14-25)23-16-18-9-10-18/h3-5,7-8,18-20,23H,2,6,9-16H2,1H3,(H,24,26). The van der Waals surface area contributed by atoms with Crippen molar-refractivity contribution in [3.63, 3.8) is 0 Å². The molecular formula is C22H33N3O2. The van der Waals surface area contributed by atoms with Crippen molar-refractivity contribution >= 4 is 11.8 Å². The fourth-order valence-electron chi connectivity index (χ4n) is 3.75. The molecule has 0 aromatic heterocycles. The van der Waals surface area contributed by atoms with Gasteiger partial charge in [0.2, 0.25) is 11.8 Å². The summed E-state index contributed by atoms with van der Waals surface area (Å²) in [5.74, 6) is 0.895. The van der Waals surface area contributed by atoms with Crippen LogP contribution in [0.4, 0.5) is 0 Å². The number of nitrogens with zero attached hydrogens (tertiary/aromatic N) is 1. The van der Waals surface area contributed by atoms with Gasteiger partial charge in [0.1, 0.15) is 6.04 Å². The predicted molar refractivity (Wildman–Crippen MR) is 107 cm³/mol. The van der Waals surface area contributed by atoms with E-state index in [-0.39, 0.29) is 11.8 Å². The first-order valence-electron chi connectivity index (χ1n) is 10.5. The van der Waals surface area contributed by atoms with Gasteiger partial charge in [0.15, 0.2) is 0 Å². The summed E-state index contributed by atoms with van der Waals surface area (Å²) in [6.07, 6.45) is 6.64. The van der Waals surface area contributed by atoms with Crippen LogP contribution in [0.15, 0.2) is 30.3 Å². The summed E-state index contributed by atoms with van der Waals surface area (Å²) >= 11 is 0. The SMILES string of the molecule is CCCC(NC(=O)Cc1ccccc1)C(=O)N1CCC(NCC2CC2)CC1. The number of benzene rings is 1. The van der Waals surface area contributed by atoms with Crippen LogP contribution in [0.3, 0.4) is 0 Å². The highest BCUT2D eigenvalue weighted by Crippen LogP contribution is 2.28. The number of likely N-dealkylation sites (tertiary alicyclic amines) is 1. The van der Waals surface area contributed by atoms with Crippen LogP contribution in [0.25, 0.3) is 0 Å². The second-order valence-electron chi connectivity index (χ2n) is 8.02. The molecule has 2 amide bonds. The van der Waals surface area contributed by atoms with Crippen molar-refractivity contribution < 1.29 is 9.59 Å². The Morgan fingerprint density at radius 2 is 1.81 bits per heavy atom. The molecule has 148 valence electrons. The lowest BCUT2D eigenvalue weighted by molar-refractivity contribution is -0.137. The van der Waals surface area contributed by atoms with E-state index in [1.807, 2.05) is 35.2 Å². The summed E-state index contributed by atoms with van der Waals surface area (Å²) in [6.45, 7) is 4.76. The Kier molecular flexibility index (Phi) is 7.27. The lowest BCUT2D eigenvalue weighted by Crippen LogP contribution is -2.52. The minimum Gasteiger partial charge on any atom is -0.344 e. The summed E-state index contributed by atoms with van der Waals surface area (Å²) in [4.78, 5) is 27.3. The van der Waals surface area contributed by atoms with E-state index in [1.54, 1.807) is 0 Å². The zero-order valence-corrected chi connectivity index (χ0v) is 16.5. The van der Waals surface area contributed by atoms with Crippen molar-refractivity contribution in [3.8, 4) is 0 Å². The maximum atomic E-state index is 12.9. The minimum atomic E-state index is -0.401. The van der Waals surface area contributed by atoms with Gasteiger partial charge in [-0.15, -0.1) is 0 Å². The molecule has 0 bridgehead atoms. The molecule has 2 fully saturated rings. The van der Waals surface area contributed by atoms with Crippen LogP contribution >= 0.6 is 0 Å². The van der Waals surface area contributed by atoms with Crippen molar-refractivity contribution in [1.29, 1.82) is 0 Å². The Morgan fingerprint density at radius 1 is 1.11 bits per heavy atom. The van der Waals surface area contributed by atoms with Crippen molar-refractivity contribution in [1.82, 2.24) is 15.5 Å². The van der Waals surface area contributed by atoms with E-state index >= 15 is 0 Å². The summed E-state index contributed by atoms with van der Waals surface area (Å²) in [5.41, 5.74) is 0.972. The lowest BCUT2D eigenvalue weighted by Gasteiger charge is -2.35. The Hall–Kier alpha value is -1.88. The summed E-state index contributed by atoms with van der Waals surface area (Å²) < 4.78 is 0. The number of nitrogens with one attached hydrogen (secondary N) is 2. The fraction of sp³-hybridized carbons (Fsp3) is 0.636. The number of carbonyl (C=O) groups is 2. The Bertz CT molecular complexity index is 607. The van der Waals surface area contributed by atoms with Crippen molar-refractivity contribution in [3.05, 3.63) is 35.9 Å². The largest absolute Gasteiger partial charge is 0.344 e. The van der Waals surface area contributed by atoms with E-state index in [2.05, 4.69) is 17.6 Å². The van der Waals surface area contributed by atoms with Gasteiger partial charge in [-0.1, -0.05) is 43.7 Å². The third-order valence-electron chi connectivity index (χ3n) is 5.62. The lowest BCUT2D eigenvalue weighted by atomic mass is 10.0. The average Bonchev–Trinajstić information content (AvgIpc) is 3.51. The van der Waals surface area contributed by atoms with Gasteiger partial charge < -0.3 is 15.5 Å². The zero-order chi connectivity index (χ0) is 19.1. The summed E-state index contributed by atoms with van der Waals surface area (Å²) in [5, 5.41) is 6.63. The van der Waals surface area contributed by atoms with Crippen LogP contribution in [0, 0.1) is 5.92 Å². The highest BCUT2D eigenvalue weighted by molar-refractivity contribution is 5.88. The Morgan fingerprint density at radius 3 is 2.44 bits per heavy atom. The maximum Gasteiger partial charge on any atom is 0.245 e. The van der Waals surface area contributed by atoms with Crippen LogP contribution in [0.5, 0.6) is 0 Å². The molecule has 3 rings (SSSR count). The van der Waals surface area contributed by atoms with Crippen LogP contribution in [-0.2, 0) is 16.0 Å². The number of carbonyl (C=O) groups excluding carboxylic acids is 2. The second-order valence-corrected chi connectivity index (χ2v) is 8.02. The van der Waals surface area contributed by atoms with Gasteiger partial charge in [0.25, 0.3) is 0 Å². The van der Waals surface area contributed by atoms with Crippen LogP contribution in [0.2, 0.25) is 0 Å². The van der Waals surface area contributed by atoms with Gasteiger partial charge in [-0.3, -0.25) is 9.59 Å². The average molecular weight is 372 g/mol. The minimum absolute atomic E-state index is 0.0750. The molecule has 2 N–H and O–H groups in total. The molecule has 1 aromatic carbocycles. The van der Waals surface area contributed by atoms with Crippen LogP contribution in [-0.4, -0.2) is 48.4 Å². The van der Waals surface area contributed by atoms with E-state index in [1.165, 1.54) is 12.8 Å². The molecule has 27 heavy (non-hydrogen) atoms. The van der Waals surface area contributed by atoms with Crippen LogP contribution < -0.4 is 10.6 Å². The number of hydrogen-bond acceptors (Lipinski definition) is 3. The van der Waals surface area contributed by atoms with Gasteiger partial charge in [0, 0.05) is 19.1 Å². The summed E-state index contributed by atoms with van der Waals surface area (Å²) in [6, 6.07) is 9.81. The molecule has 1 heterocycles. The van der Waals surface area contributed by atoms with E-state index in [9.17, 15) is 9.59 Å². The molecule has 1 aliphatic heterocycles. The molecular weight excluding hydrogens is 338 g/mol. The monoisotopic (exact) mass is 371 g/mol. The number of piperidine rings is 1. The van der Waals surface area contributed by atoms with Gasteiger partial charge in [-0.2, -0.15) is 0 Å². The van der Waals surface area contributed by atoms with Gasteiger partial charge in [-0.05, 0) is 50.1 Å². The third-order valence-corrected chi connectivity index (χ3v) is 5.62. The Balaban J connectivity index is 1.46. The first kappa shape index (κ1) is 19.9. The van der Waals surface area contributed by atoms with E-state index in [0.29, 0.717) is 18.9 Å². The van der Waals surface area contributed by atoms with E-state index in [0.717, 1.165) is 50.4 Å². The molecule has 1 aliphatic carbocycles. The molecule has 1 aromatic rings. The molecule has 0 radical (unpaired) electrons. The van der Waals surface area contributed by atoms with Gasteiger partial charge >= 0.3 is 0 Å². The first-order valence-corrected chi connectivity index (χ1v) is 10.5. The maximum absolute atomic E-state index is 12.9. The van der Waals surface area contributed by atoms with Crippen molar-refractivity contribution in [2.75, 3.05) is 19.6 Å². The molecule has 5 heteroatoms. The highest BCUT2D eigenvalue weighted by atomic mass is 16.2. The first-order chi connectivity index (χ1) is 13.2. The second kappa shape index (κ2) is 9.88. The smallest absolute Gasteiger partial charge is 0.245 e.